The van der Waals surface area contributed by atoms with Crippen LogP contribution in [0.5, 0.6) is 0 Å². The second-order valence-electron chi connectivity index (χ2n) is 2.36. The molecule has 1 heterocycles. The Morgan fingerprint density at radius 2 is 2.40 bits per heavy atom. The molecular weight excluding hydrogens is 138 g/mol. The summed E-state index contributed by atoms with van der Waals surface area (Å²) in [7, 11) is 0. The van der Waals surface area contributed by atoms with Crippen molar-refractivity contribution in [1.29, 1.82) is 0 Å². The van der Waals surface area contributed by atoms with Crippen molar-refractivity contribution in [3.05, 3.63) is 15.3 Å². The summed E-state index contributed by atoms with van der Waals surface area (Å²) in [5.41, 5.74) is -1.51. The van der Waals surface area contributed by atoms with Crippen LogP contribution in [0.15, 0.2) is 5.11 Å². The van der Waals surface area contributed by atoms with Gasteiger partial charge in [-0.3, -0.25) is 10.1 Å². The van der Waals surface area contributed by atoms with Crippen LogP contribution < -0.4 is 0 Å². The van der Waals surface area contributed by atoms with Crippen molar-refractivity contribution in [1.82, 2.24) is 0 Å². The highest BCUT2D eigenvalue weighted by Gasteiger charge is 2.51. The van der Waals surface area contributed by atoms with E-state index < -0.39 is 10.6 Å². The molecule has 0 amide bonds. The molecule has 0 spiro atoms. The van der Waals surface area contributed by atoms with Crippen molar-refractivity contribution in [2.45, 2.75) is 19.0 Å². The van der Waals surface area contributed by atoms with Crippen LogP contribution in [0.4, 0.5) is 0 Å². The second kappa shape index (κ2) is 1.89. The molecule has 1 rings (SSSR count). The fourth-order valence-electron chi connectivity index (χ4n) is 0.762. The Morgan fingerprint density at radius 3 is 2.60 bits per heavy atom. The van der Waals surface area contributed by atoms with Gasteiger partial charge in [-0.15, -0.1) is 0 Å². The van der Waals surface area contributed by atoms with Gasteiger partial charge in [-0.25, -0.2) is 0 Å². The highest BCUT2D eigenvalue weighted by molar-refractivity contribution is 4.64. The predicted molar refractivity (Wildman–Crippen MR) is 30.9 cm³/mol. The van der Waals surface area contributed by atoms with E-state index in [0.717, 1.165) is 0 Å². The van der Waals surface area contributed by atoms with E-state index in [4.69, 9.17) is 0 Å². The molecule has 0 aliphatic carbocycles. The Bertz CT molecular complexity index is 202. The lowest BCUT2D eigenvalue weighted by Crippen LogP contribution is -2.40. The number of azo groups is 1. The van der Waals surface area contributed by atoms with Crippen LogP contribution in [0, 0.1) is 15.3 Å². The van der Waals surface area contributed by atoms with Gasteiger partial charge < -0.3 is 5.21 Å². The van der Waals surface area contributed by atoms with Crippen LogP contribution in [0.1, 0.15) is 13.3 Å². The molecule has 0 N–H and O–H groups in total. The van der Waals surface area contributed by atoms with Crippen molar-refractivity contribution in [2.24, 2.45) is 5.11 Å². The van der Waals surface area contributed by atoms with Crippen LogP contribution in [0.25, 0.3) is 0 Å². The number of rotatable bonds is 1. The maximum atomic E-state index is 10.6. The monoisotopic (exact) mass is 145 g/mol. The second-order valence-corrected chi connectivity index (χ2v) is 2.36. The van der Waals surface area contributed by atoms with E-state index in [0.29, 0.717) is 0 Å². The zero-order chi connectivity index (χ0) is 7.78. The number of nitro groups is 1. The van der Waals surface area contributed by atoms with E-state index >= 15 is 0 Å². The molecule has 0 radical (unpaired) electrons. The molecular formula is C4H7N3O3. The van der Waals surface area contributed by atoms with Crippen molar-refractivity contribution in [2.75, 3.05) is 6.54 Å². The van der Waals surface area contributed by atoms with E-state index in [-0.39, 0.29) is 17.8 Å². The zero-order valence-corrected chi connectivity index (χ0v) is 5.48. The Labute approximate surface area is 56.9 Å². The number of hydrogen-bond donors (Lipinski definition) is 0. The Morgan fingerprint density at radius 1 is 1.80 bits per heavy atom. The quantitative estimate of drug-likeness (QED) is 0.231. The number of hydrogen-bond acceptors (Lipinski definition) is 4. The van der Waals surface area contributed by atoms with Gasteiger partial charge in [-0.05, 0) is 9.97 Å². The lowest BCUT2D eigenvalue weighted by atomic mass is 10.2. The van der Waals surface area contributed by atoms with Gasteiger partial charge in [0.05, 0.1) is 11.8 Å². The highest BCUT2D eigenvalue weighted by atomic mass is 16.7. The summed E-state index contributed by atoms with van der Waals surface area (Å²) >= 11 is 0. The van der Waals surface area contributed by atoms with Gasteiger partial charge in [0.25, 0.3) is 0 Å². The maximum Gasteiger partial charge on any atom is 0.437 e. The van der Waals surface area contributed by atoms with Crippen LogP contribution >= 0.6 is 0 Å². The molecule has 1 unspecified atom stereocenters. The summed E-state index contributed by atoms with van der Waals surface area (Å²) in [5, 5.41) is 24.2. The lowest BCUT2D eigenvalue weighted by molar-refractivity contribution is -0.800. The molecule has 6 heteroatoms. The van der Waals surface area contributed by atoms with Crippen molar-refractivity contribution >= 4 is 0 Å². The Kier molecular flexibility index (Phi) is 1.31. The predicted octanol–water partition coefficient (Wildman–Crippen LogP) is 0.345. The molecule has 10 heavy (non-hydrogen) atoms. The first-order valence-electron chi connectivity index (χ1n) is 2.86. The topological polar surface area (TPSA) is 81.6 Å². The highest BCUT2D eigenvalue weighted by Crippen LogP contribution is 2.20. The van der Waals surface area contributed by atoms with Gasteiger partial charge in [0, 0.05) is 0 Å². The van der Waals surface area contributed by atoms with Crippen molar-refractivity contribution in [3.8, 4) is 0 Å². The van der Waals surface area contributed by atoms with Crippen LogP contribution in [0.3, 0.4) is 0 Å². The molecule has 6 nitrogen and oxygen atoms in total. The third kappa shape index (κ3) is 0.722. The summed E-state index contributed by atoms with van der Waals surface area (Å²) in [6.45, 7) is 1.53. The fraction of sp³-hybridized carbons (Fsp3) is 1.00. The molecule has 0 bridgehead atoms. The average molecular weight is 145 g/mol. The molecule has 1 atom stereocenters. The van der Waals surface area contributed by atoms with Gasteiger partial charge in [-0.1, -0.05) is 0 Å². The fourth-order valence-corrected chi connectivity index (χ4v) is 0.762. The minimum atomic E-state index is -1.51. The van der Waals surface area contributed by atoms with Crippen LogP contribution in [-0.2, 0) is 0 Å². The third-order valence-corrected chi connectivity index (χ3v) is 1.62. The Hall–Kier alpha value is -1.20. The molecule has 0 aromatic rings. The normalized spacial score (nSPS) is 31.9. The van der Waals surface area contributed by atoms with E-state index in [1.165, 1.54) is 6.92 Å². The maximum absolute atomic E-state index is 10.6. The standard InChI is InChI=1S/C4H7N3O3/c1-4(7(9)10)2-3-5-6(4)8/h2-3H2,1H3. The van der Waals surface area contributed by atoms with Crippen LogP contribution in [0.2, 0.25) is 0 Å². The first-order chi connectivity index (χ1) is 4.57. The van der Waals surface area contributed by atoms with Gasteiger partial charge >= 0.3 is 5.66 Å². The third-order valence-electron chi connectivity index (χ3n) is 1.62. The average Bonchev–Trinajstić information content (AvgIpc) is 2.15. The first-order valence-corrected chi connectivity index (χ1v) is 2.86. The summed E-state index contributed by atoms with van der Waals surface area (Å²) in [6.07, 6.45) is 0.198. The lowest BCUT2D eigenvalue weighted by Gasteiger charge is -2.09. The summed E-state index contributed by atoms with van der Waals surface area (Å²) in [4.78, 5) is 9.81. The van der Waals surface area contributed by atoms with E-state index in [1.54, 1.807) is 0 Å². The van der Waals surface area contributed by atoms with Crippen molar-refractivity contribution in [3.63, 3.8) is 0 Å². The molecule has 0 saturated heterocycles. The summed E-state index contributed by atoms with van der Waals surface area (Å²) < 4.78 is 0. The van der Waals surface area contributed by atoms with Crippen LogP contribution in [-0.4, -0.2) is 22.0 Å². The summed E-state index contributed by atoms with van der Waals surface area (Å²) in [6, 6.07) is 0. The minimum absolute atomic E-state index is 0.174. The van der Waals surface area contributed by atoms with Gasteiger partial charge in [-0.2, -0.15) is 0 Å². The van der Waals surface area contributed by atoms with Gasteiger partial charge in [0.1, 0.15) is 13.0 Å². The zero-order valence-electron chi connectivity index (χ0n) is 5.48. The molecule has 1 aliphatic heterocycles. The first kappa shape index (κ1) is 6.91. The Balaban J connectivity index is 2.89. The van der Waals surface area contributed by atoms with Crippen molar-refractivity contribution < 1.29 is 9.78 Å². The van der Waals surface area contributed by atoms with Gasteiger partial charge in [0.2, 0.25) is 0 Å². The molecule has 0 fully saturated rings. The minimum Gasteiger partial charge on any atom is -0.594 e. The SMILES string of the molecule is CC1([N+](=O)[O-])CCN=[N+]1[O-]. The number of nitrogens with zero attached hydrogens (tertiary/aromatic N) is 3. The molecule has 56 valence electrons. The summed E-state index contributed by atoms with van der Waals surface area (Å²) in [5.74, 6) is 0. The molecule has 1 aliphatic rings. The molecule has 0 aromatic heterocycles. The molecule has 0 aromatic carbocycles. The largest absolute Gasteiger partial charge is 0.594 e. The molecule has 0 saturated carbocycles. The van der Waals surface area contributed by atoms with Gasteiger partial charge in [0.15, 0.2) is 0 Å². The van der Waals surface area contributed by atoms with E-state index in [1.807, 2.05) is 0 Å². The van der Waals surface area contributed by atoms with E-state index in [9.17, 15) is 15.3 Å². The van der Waals surface area contributed by atoms with E-state index in [2.05, 4.69) is 5.11 Å². The number of hydroxylamine groups is 1. The smallest absolute Gasteiger partial charge is 0.437 e.